The van der Waals surface area contributed by atoms with Crippen LogP contribution in [0.15, 0.2) is 40.9 Å². The van der Waals surface area contributed by atoms with Crippen LogP contribution in [0.1, 0.15) is 36.0 Å². The van der Waals surface area contributed by atoms with Gasteiger partial charge < -0.3 is 10.4 Å². The Labute approximate surface area is 132 Å². The largest absolute Gasteiger partial charge is 0.393 e. The molecule has 1 aliphatic carbocycles. The van der Waals surface area contributed by atoms with E-state index < -0.39 is 0 Å². The summed E-state index contributed by atoms with van der Waals surface area (Å²) in [5, 5.41) is 12.3. The van der Waals surface area contributed by atoms with E-state index in [4.69, 9.17) is 0 Å². The van der Waals surface area contributed by atoms with E-state index in [1.807, 2.05) is 0 Å². The van der Waals surface area contributed by atoms with Crippen LogP contribution < -0.4 is 5.32 Å². The number of amides is 1. The fraction of sp³-hybridized carbons (Fsp3) is 0.375. The van der Waals surface area contributed by atoms with Gasteiger partial charge in [0.25, 0.3) is 0 Å². The molecule has 1 aliphatic rings. The lowest BCUT2D eigenvalue weighted by Crippen LogP contribution is -2.37. The standard InChI is InChI=1S/C16H18BrNO3/c17-12-3-1-11(2-4-12)15(20)9-10-16(21)18-13-5-7-14(19)8-6-13/h1-4,9-10,13-14,19H,5-8H2,(H,18,21)/b10-9+. The van der Waals surface area contributed by atoms with E-state index in [1.54, 1.807) is 24.3 Å². The van der Waals surface area contributed by atoms with Gasteiger partial charge in [-0.3, -0.25) is 9.59 Å². The molecule has 0 heterocycles. The van der Waals surface area contributed by atoms with Crippen LogP contribution in [0.5, 0.6) is 0 Å². The van der Waals surface area contributed by atoms with E-state index in [9.17, 15) is 14.7 Å². The average molecular weight is 352 g/mol. The molecule has 2 N–H and O–H groups in total. The summed E-state index contributed by atoms with van der Waals surface area (Å²) in [5.41, 5.74) is 0.544. The van der Waals surface area contributed by atoms with Gasteiger partial charge in [0.05, 0.1) is 6.10 Å². The van der Waals surface area contributed by atoms with Gasteiger partial charge in [0.1, 0.15) is 0 Å². The maximum atomic E-state index is 11.9. The maximum Gasteiger partial charge on any atom is 0.244 e. The number of aliphatic hydroxyl groups is 1. The zero-order valence-corrected chi connectivity index (χ0v) is 13.2. The van der Waals surface area contributed by atoms with Gasteiger partial charge in [-0.2, -0.15) is 0 Å². The predicted octanol–water partition coefficient (Wildman–Crippen LogP) is 2.61. The maximum absolute atomic E-state index is 11.9. The first-order valence-corrected chi connectivity index (χ1v) is 7.80. The molecular formula is C16H18BrNO3. The summed E-state index contributed by atoms with van der Waals surface area (Å²) in [7, 11) is 0. The Morgan fingerprint density at radius 2 is 1.71 bits per heavy atom. The van der Waals surface area contributed by atoms with Crippen LogP contribution in [0.4, 0.5) is 0 Å². The Morgan fingerprint density at radius 1 is 1.10 bits per heavy atom. The molecule has 1 saturated carbocycles. The first kappa shape index (κ1) is 15.9. The molecule has 2 rings (SSSR count). The second-order valence-electron chi connectivity index (χ2n) is 5.22. The molecule has 0 aliphatic heterocycles. The second kappa shape index (κ2) is 7.52. The molecule has 0 unspecified atom stereocenters. The summed E-state index contributed by atoms with van der Waals surface area (Å²) in [5.74, 6) is -0.460. The monoisotopic (exact) mass is 351 g/mol. The SMILES string of the molecule is O=C(/C=C/C(=O)c1ccc(Br)cc1)NC1CCC(O)CC1. The highest BCUT2D eigenvalue weighted by Gasteiger charge is 2.19. The Morgan fingerprint density at radius 3 is 2.33 bits per heavy atom. The highest BCUT2D eigenvalue weighted by Crippen LogP contribution is 2.18. The van der Waals surface area contributed by atoms with Gasteiger partial charge >= 0.3 is 0 Å². The van der Waals surface area contributed by atoms with Crippen molar-refractivity contribution in [2.24, 2.45) is 0 Å². The third kappa shape index (κ3) is 5.10. The van der Waals surface area contributed by atoms with Gasteiger partial charge in [-0.05, 0) is 56.0 Å². The van der Waals surface area contributed by atoms with E-state index in [0.29, 0.717) is 18.4 Å². The van der Waals surface area contributed by atoms with Crippen molar-refractivity contribution in [1.29, 1.82) is 0 Å². The molecule has 0 bridgehead atoms. The summed E-state index contributed by atoms with van der Waals surface area (Å²) in [6.45, 7) is 0. The van der Waals surface area contributed by atoms with Crippen molar-refractivity contribution in [2.45, 2.75) is 37.8 Å². The van der Waals surface area contributed by atoms with E-state index in [-0.39, 0.29) is 23.8 Å². The first-order chi connectivity index (χ1) is 10.0. The number of nitrogens with one attached hydrogen (secondary N) is 1. The van der Waals surface area contributed by atoms with Crippen molar-refractivity contribution in [2.75, 3.05) is 0 Å². The number of carbonyl (C=O) groups excluding carboxylic acids is 2. The number of allylic oxidation sites excluding steroid dienone is 1. The van der Waals surface area contributed by atoms with Crippen LogP contribution in [-0.2, 0) is 4.79 Å². The molecule has 0 saturated heterocycles. The van der Waals surface area contributed by atoms with Crippen LogP contribution >= 0.6 is 15.9 Å². The van der Waals surface area contributed by atoms with Crippen LogP contribution in [0.25, 0.3) is 0 Å². The molecule has 4 nitrogen and oxygen atoms in total. The van der Waals surface area contributed by atoms with Gasteiger partial charge in [-0.25, -0.2) is 0 Å². The number of hydrogen-bond donors (Lipinski definition) is 2. The predicted molar refractivity (Wildman–Crippen MR) is 84.0 cm³/mol. The zero-order chi connectivity index (χ0) is 15.2. The van der Waals surface area contributed by atoms with Crippen molar-refractivity contribution < 1.29 is 14.7 Å². The van der Waals surface area contributed by atoms with Crippen LogP contribution in [0.2, 0.25) is 0 Å². The molecule has 1 fully saturated rings. The van der Waals surface area contributed by atoms with Crippen molar-refractivity contribution in [3.63, 3.8) is 0 Å². The lowest BCUT2D eigenvalue weighted by atomic mass is 9.93. The highest BCUT2D eigenvalue weighted by molar-refractivity contribution is 9.10. The van der Waals surface area contributed by atoms with Crippen molar-refractivity contribution in [3.8, 4) is 0 Å². The zero-order valence-electron chi connectivity index (χ0n) is 11.6. The fourth-order valence-corrected chi connectivity index (χ4v) is 2.60. The van der Waals surface area contributed by atoms with Gasteiger partial charge in [0.2, 0.25) is 5.91 Å². The third-order valence-electron chi connectivity index (χ3n) is 3.56. The average Bonchev–Trinajstić information content (AvgIpc) is 2.48. The molecule has 21 heavy (non-hydrogen) atoms. The number of benzene rings is 1. The molecule has 1 aromatic rings. The first-order valence-electron chi connectivity index (χ1n) is 7.01. The van der Waals surface area contributed by atoms with E-state index in [2.05, 4.69) is 21.2 Å². The van der Waals surface area contributed by atoms with Crippen LogP contribution in [0, 0.1) is 0 Å². The quantitative estimate of drug-likeness (QED) is 0.647. The molecule has 0 atom stereocenters. The summed E-state index contributed by atoms with van der Waals surface area (Å²) < 4.78 is 0.903. The van der Waals surface area contributed by atoms with Crippen molar-refractivity contribution in [3.05, 3.63) is 46.5 Å². The number of carbonyl (C=O) groups is 2. The van der Waals surface area contributed by atoms with Gasteiger partial charge in [0, 0.05) is 22.2 Å². The third-order valence-corrected chi connectivity index (χ3v) is 4.09. The summed E-state index contributed by atoms with van der Waals surface area (Å²) in [4.78, 5) is 23.6. The number of aliphatic hydroxyl groups excluding tert-OH is 1. The number of rotatable bonds is 4. The second-order valence-corrected chi connectivity index (χ2v) is 6.13. The molecule has 0 aromatic heterocycles. The minimum absolute atomic E-state index is 0.0910. The summed E-state index contributed by atoms with van der Waals surface area (Å²) in [6.07, 6.45) is 5.31. The Bertz CT molecular complexity index is 531. The Hall–Kier alpha value is -1.46. The molecule has 1 aromatic carbocycles. The minimum atomic E-state index is -0.262. The molecule has 1 amide bonds. The lowest BCUT2D eigenvalue weighted by Gasteiger charge is -2.25. The Balaban J connectivity index is 1.84. The van der Waals surface area contributed by atoms with Crippen molar-refractivity contribution >= 4 is 27.6 Å². The number of halogens is 1. The number of hydrogen-bond acceptors (Lipinski definition) is 3. The normalized spacial score (nSPS) is 22.2. The van der Waals surface area contributed by atoms with Gasteiger partial charge in [-0.15, -0.1) is 0 Å². The van der Waals surface area contributed by atoms with Crippen LogP contribution in [-0.4, -0.2) is 28.9 Å². The van der Waals surface area contributed by atoms with Crippen LogP contribution in [0.3, 0.4) is 0 Å². The topological polar surface area (TPSA) is 66.4 Å². The van der Waals surface area contributed by atoms with E-state index in [1.165, 1.54) is 12.2 Å². The van der Waals surface area contributed by atoms with E-state index in [0.717, 1.165) is 17.3 Å². The van der Waals surface area contributed by atoms with Gasteiger partial charge in [-0.1, -0.05) is 15.9 Å². The summed E-state index contributed by atoms with van der Waals surface area (Å²) in [6, 6.07) is 7.07. The van der Waals surface area contributed by atoms with E-state index >= 15 is 0 Å². The highest BCUT2D eigenvalue weighted by atomic mass is 79.9. The smallest absolute Gasteiger partial charge is 0.244 e. The molecule has 0 radical (unpaired) electrons. The molecular weight excluding hydrogens is 334 g/mol. The molecule has 5 heteroatoms. The molecule has 0 spiro atoms. The lowest BCUT2D eigenvalue weighted by molar-refractivity contribution is -0.117. The minimum Gasteiger partial charge on any atom is -0.393 e. The Kier molecular flexibility index (Phi) is 5.70. The van der Waals surface area contributed by atoms with Crippen molar-refractivity contribution in [1.82, 2.24) is 5.32 Å². The van der Waals surface area contributed by atoms with Gasteiger partial charge in [0.15, 0.2) is 5.78 Å². The molecule has 112 valence electrons. The fourth-order valence-electron chi connectivity index (χ4n) is 2.33. The summed E-state index contributed by atoms with van der Waals surface area (Å²) >= 11 is 3.30. The number of ketones is 1.